The molecule has 1 heterocycles. The van der Waals surface area contributed by atoms with Crippen molar-refractivity contribution < 1.29 is 17.9 Å². The first-order valence-electron chi connectivity index (χ1n) is 9.44. The molecule has 30 heavy (non-hydrogen) atoms. The van der Waals surface area contributed by atoms with E-state index in [1.54, 1.807) is 12.1 Å². The third-order valence-electron chi connectivity index (χ3n) is 4.73. The molecule has 1 aliphatic heterocycles. The van der Waals surface area contributed by atoms with Gasteiger partial charge in [-0.2, -0.15) is 16.9 Å². The van der Waals surface area contributed by atoms with Gasteiger partial charge in [0.2, 0.25) is 10.0 Å². The van der Waals surface area contributed by atoms with E-state index >= 15 is 0 Å². The number of hydrogen-bond acceptors (Lipinski definition) is 6. The average Bonchev–Trinajstić information content (AvgIpc) is 2.66. The van der Waals surface area contributed by atoms with Gasteiger partial charge in [-0.3, -0.25) is 9.10 Å². The van der Waals surface area contributed by atoms with Crippen molar-refractivity contribution in [3.05, 3.63) is 59.2 Å². The summed E-state index contributed by atoms with van der Waals surface area (Å²) in [6.07, 6.45) is 2.87. The molecule has 2 aromatic carbocycles. The summed E-state index contributed by atoms with van der Waals surface area (Å²) in [5.41, 5.74) is 5.42. The molecule has 2 aromatic rings. The van der Waals surface area contributed by atoms with E-state index in [1.165, 1.54) is 6.21 Å². The summed E-state index contributed by atoms with van der Waals surface area (Å²) >= 11 is 1.86. The minimum Gasteiger partial charge on any atom is -0.489 e. The lowest BCUT2D eigenvalue weighted by molar-refractivity contribution is -0.119. The van der Waals surface area contributed by atoms with Crippen LogP contribution in [0, 0.1) is 13.8 Å². The number of amides is 1. The van der Waals surface area contributed by atoms with Crippen molar-refractivity contribution in [2.45, 2.75) is 20.0 Å². The molecule has 0 unspecified atom stereocenters. The molecule has 0 aromatic heterocycles. The predicted octanol–water partition coefficient (Wildman–Crippen LogP) is 2.71. The van der Waals surface area contributed by atoms with Crippen LogP contribution in [-0.2, 0) is 14.8 Å². The first-order valence-corrected chi connectivity index (χ1v) is 12.4. The Labute approximate surface area is 181 Å². The van der Waals surface area contributed by atoms with Crippen molar-refractivity contribution in [2.24, 2.45) is 5.10 Å². The summed E-state index contributed by atoms with van der Waals surface area (Å²) < 4.78 is 31.4. The van der Waals surface area contributed by atoms with Gasteiger partial charge >= 0.3 is 0 Å². The van der Waals surface area contributed by atoms with Crippen LogP contribution in [0.2, 0.25) is 0 Å². The zero-order valence-electron chi connectivity index (χ0n) is 17.2. The second-order valence-electron chi connectivity index (χ2n) is 7.13. The van der Waals surface area contributed by atoms with Crippen LogP contribution in [0.5, 0.6) is 5.75 Å². The van der Waals surface area contributed by atoms with Gasteiger partial charge in [-0.15, -0.1) is 0 Å². The van der Waals surface area contributed by atoms with Gasteiger partial charge in [0, 0.05) is 11.5 Å². The van der Waals surface area contributed by atoms with Gasteiger partial charge in [0.1, 0.15) is 18.4 Å². The molecule has 1 saturated heterocycles. The summed E-state index contributed by atoms with van der Waals surface area (Å²) in [6.45, 7) is 3.37. The molecule has 0 aliphatic carbocycles. The fourth-order valence-electron chi connectivity index (χ4n) is 2.84. The Kier molecular flexibility index (Phi) is 7.04. The Morgan fingerprint density at radius 1 is 1.23 bits per heavy atom. The number of hydrogen-bond donors (Lipinski definition) is 1. The second kappa shape index (κ2) is 9.53. The van der Waals surface area contributed by atoms with Crippen LogP contribution in [0.25, 0.3) is 0 Å². The number of rotatable bonds is 8. The number of ether oxygens (including phenoxy) is 1. The number of aryl methyl sites for hydroxylation is 1. The van der Waals surface area contributed by atoms with Gasteiger partial charge < -0.3 is 4.74 Å². The lowest BCUT2D eigenvalue weighted by Crippen LogP contribution is -2.39. The fourth-order valence-corrected chi connectivity index (χ4v) is 4.31. The van der Waals surface area contributed by atoms with Crippen LogP contribution in [-0.4, -0.2) is 50.9 Å². The highest BCUT2D eigenvalue weighted by Gasteiger charge is 2.22. The molecule has 0 bridgehead atoms. The fraction of sp³-hybridized carbons (Fsp3) is 0.333. The summed E-state index contributed by atoms with van der Waals surface area (Å²) in [4.78, 5) is 12.3. The molecule has 7 nitrogen and oxygen atoms in total. The van der Waals surface area contributed by atoms with Crippen LogP contribution in [0.3, 0.4) is 0 Å². The summed E-state index contributed by atoms with van der Waals surface area (Å²) in [5, 5.41) is 3.94. The van der Waals surface area contributed by atoms with Crippen molar-refractivity contribution in [3.63, 3.8) is 0 Å². The molecular formula is C21H25N3O4S2. The number of benzene rings is 2. The van der Waals surface area contributed by atoms with E-state index < -0.39 is 15.9 Å². The Morgan fingerprint density at radius 2 is 1.93 bits per heavy atom. The molecule has 0 saturated carbocycles. The number of carbonyl (C=O) groups is 1. The van der Waals surface area contributed by atoms with E-state index in [4.69, 9.17) is 4.74 Å². The number of nitrogens with one attached hydrogen (secondary N) is 1. The van der Waals surface area contributed by atoms with Crippen LogP contribution in [0.15, 0.2) is 47.6 Å². The van der Waals surface area contributed by atoms with E-state index in [-0.39, 0.29) is 12.6 Å². The Hall–Kier alpha value is -2.52. The van der Waals surface area contributed by atoms with E-state index in [2.05, 4.69) is 10.5 Å². The Balaban J connectivity index is 1.60. The van der Waals surface area contributed by atoms with Gasteiger partial charge in [-0.1, -0.05) is 12.1 Å². The highest BCUT2D eigenvalue weighted by molar-refractivity contribution is 8.00. The summed E-state index contributed by atoms with van der Waals surface area (Å²) in [5.74, 6) is 2.31. The molecular weight excluding hydrogens is 422 g/mol. The van der Waals surface area contributed by atoms with Gasteiger partial charge in [-0.25, -0.2) is 13.8 Å². The minimum absolute atomic E-state index is 0.281. The largest absolute Gasteiger partial charge is 0.489 e. The number of thioether (sulfide) groups is 1. The monoisotopic (exact) mass is 447 g/mol. The first-order chi connectivity index (χ1) is 14.2. The van der Waals surface area contributed by atoms with Gasteiger partial charge in [-0.05, 0) is 60.9 Å². The molecule has 9 heteroatoms. The van der Waals surface area contributed by atoms with Crippen LogP contribution >= 0.6 is 11.8 Å². The Morgan fingerprint density at radius 3 is 2.53 bits per heavy atom. The molecule has 0 spiro atoms. The van der Waals surface area contributed by atoms with E-state index in [1.807, 2.05) is 55.9 Å². The van der Waals surface area contributed by atoms with Crippen LogP contribution in [0.1, 0.15) is 16.7 Å². The highest BCUT2D eigenvalue weighted by atomic mass is 32.2. The van der Waals surface area contributed by atoms with Crippen LogP contribution in [0.4, 0.5) is 5.69 Å². The SMILES string of the molecule is Cc1cccc(N(CC(=O)N/N=C/c2ccc(OC3CSC3)cc2)S(C)(=O)=O)c1C. The third-order valence-corrected chi connectivity index (χ3v) is 7.07. The zero-order chi connectivity index (χ0) is 21.7. The maximum absolute atomic E-state index is 12.3. The Bertz CT molecular complexity index is 1030. The predicted molar refractivity (Wildman–Crippen MR) is 122 cm³/mol. The average molecular weight is 448 g/mol. The summed E-state index contributed by atoms with van der Waals surface area (Å²) in [6, 6.07) is 12.8. The second-order valence-corrected chi connectivity index (χ2v) is 10.1. The van der Waals surface area contributed by atoms with Crippen molar-refractivity contribution in [3.8, 4) is 5.75 Å². The van der Waals surface area contributed by atoms with Crippen molar-refractivity contribution in [1.29, 1.82) is 0 Å². The summed E-state index contributed by atoms with van der Waals surface area (Å²) in [7, 11) is -3.64. The normalized spacial score (nSPS) is 14.4. The number of nitrogens with zero attached hydrogens (tertiary/aromatic N) is 2. The molecule has 1 amide bonds. The van der Waals surface area contributed by atoms with Gasteiger partial charge in [0.25, 0.3) is 5.91 Å². The van der Waals surface area contributed by atoms with Crippen LogP contribution < -0.4 is 14.5 Å². The van der Waals surface area contributed by atoms with E-state index in [9.17, 15) is 13.2 Å². The molecule has 1 aliphatic rings. The zero-order valence-corrected chi connectivity index (χ0v) is 18.8. The molecule has 0 atom stereocenters. The third kappa shape index (κ3) is 5.76. The number of sulfonamides is 1. The minimum atomic E-state index is -3.64. The highest BCUT2D eigenvalue weighted by Crippen LogP contribution is 2.25. The maximum atomic E-state index is 12.3. The first kappa shape index (κ1) is 22.2. The topological polar surface area (TPSA) is 88.1 Å². The van der Waals surface area contributed by atoms with E-state index in [0.717, 1.165) is 44.5 Å². The quantitative estimate of drug-likeness (QED) is 0.497. The van der Waals surface area contributed by atoms with E-state index in [0.29, 0.717) is 5.69 Å². The lowest BCUT2D eigenvalue weighted by Gasteiger charge is -2.25. The molecule has 3 rings (SSSR count). The molecule has 160 valence electrons. The van der Waals surface area contributed by atoms with Crippen molar-refractivity contribution >= 4 is 39.6 Å². The van der Waals surface area contributed by atoms with Crippen molar-refractivity contribution in [2.75, 3.05) is 28.6 Å². The number of carbonyl (C=O) groups excluding carboxylic acids is 1. The molecule has 0 radical (unpaired) electrons. The van der Waals surface area contributed by atoms with Gasteiger partial charge in [0.05, 0.1) is 18.2 Å². The molecule has 1 N–H and O–H groups in total. The smallest absolute Gasteiger partial charge is 0.260 e. The lowest BCUT2D eigenvalue weighted by atomic mass is 10.1. The van der Waals surface area contributed by atoms with Crippen molar-refractivity contribution in [1.82, 2.24) is 5.43 Å². The molecule has 1 fully saturated rings. The number of hydrazone groups is 1. The maximum Gasteiger partial charge on any atom is 0.260 e. The number of anilines is 1. The van der Waals surface area contributed by atoms with Gasteiger partial charge in [0.15, 0.2) is 0 Å². The standard InChI is InChI=1S/C21H25N3O4S2/c1-15-5-4-6-20(16(15)2)24(30(3,26)27)12-21(25)23-22-11-17-7-9-18(10-8-17)28-19-13-29-14-19/h4-11,19H,12-14H2,1-3H3,(H,23,25)/b22-11+.